The zero-order valence-corrected chi connectivity index (χ0v) is 16.1. The number of hydrogen-bond acceptors (Lipinski definition) is 6. The van der Waals surface area contributed by atoms with E-state index < -0.39 is 12.1 Å². The molecule has 0 bridgehead atoms. The van der Waals surface area contributed by atoms with Gasteiger partial charge in [-0.05, 0) is 25.8 Å². The highest BCUT2D eigenvalue weighted by molar-refractivity contribution is 5.13. The Balaban J connectivity index is 1.71. The van der Waals surface area contributed by atoms with Gasteiger partial charge in [0.2, 0.25) is 0 Å². The molecular formula is C20H30O6. The number of benzene rings is 1. The van der Waals surface area contributed by atoms with Crippen LogP contribution in [0.3, 0.4) is 0 Å². The first kappa shape index (κ1) is 19.7. The fraction of sp³-hybridized carbons (Fsp3) is 0.700. The minimum atomic E-state index is -0.696. The summed E-state index contributed by atoms with van der Waals surface area (Å²) in [6, 6.07) is 10.0. The molecule has 0 amide bonds. The van der Waals surface area contributed by atoms with Crippen LogP contribution in [0, 0.1) is 0 Å². The SMILES string of the molecule is CCCOC[C@H]1OC(OC)[C@H](OCc2ccccc2)[C@H]2OC(C)(C)O[C@H]21. The summed E-state index contributed by atoms with van der Waals surface area (Å²) in [5.41, 5.74) is 1.09. The van der Waals surface area contributed by atoms with E-state index in [0.29, 0.717) is 19.8 Å². The van der Waals surface area contributed by atoms with E-state index in [1.54, 1.807) is 7.11 Å². The van der Waals surface area contributed by atoms with Crippen LogP contribution < -0.4 is 0 Å². The largest absolute Gasteiger partial charge is 0.379 e. The number of ether oxygens (including phenoxy) is 6. The molecule has 0 spiro atoms. The summed E-state index contributed by atoms with van der Waals surface area (Å²) >= 11 is 0. The lowest BCUT2D eigenvalue weighted by molar-refractivity contribution is -0.288. The van der Waals surface area contributed by atoms with Crippen molar-refractivity contribution in [1.29, 1.82) is 0 Å². The molecule has 1 aromatic rings. The molecule has 6 nitrogen and oxygen atoms in total. The first-order valence-corrected chi connectivity index (χ1v) is 9.31. The van der Waals surface area contributed by atoms with Gasteiger partial charge >= 0.3 is 0 Å². The van der Waals surface area contributed by atoms with E-state index in [1.165, 1.54) is 0 Å². The van der Waals surface area contributed by atoms with E-state index >= 15 is 0 Å². The average Bonchev–Trinajstić information content (AvgIpc) is 2.96. The van der Waals surface area contributed by atoms with Crippen molar-refractivity contribution >= 4 is 0 Å². The van der Waals surface area contributed by atoms with Crippen LogP contribution in [-0.4, -0.2) is 56.8 Å². The van der Waals surface area contributed by atoms with Gasteiger partial charge in [0.25, 0.3) is 0 Å². The summed E-state index contributed by atoms with van der Waals surface area (Å²) in [6.45, 7) is 7.48. The summed E-state index contributed by atoms with van der Waals surface area (Å²) in [6.07, 6.45) is -0.742. The number of fused-ring (bicyclic) bond motifs is 1. The molecule has 0 aliphatic carbocycles. The van der Waals surface area contributed by atoms with E-state index in [-0.39, 0.29) is 24.4 Å². The van der Waals surface area contributed by atoms with Gasteiger partial charge in [-0.3, -0.25) is 0 Å². The standard InChI is InChI=1S/C20H30O6/c1-5-11-22-13-15-16-17(26-20(2,3)25-16)18(19(21-4)24-15)23-12-14-9-7-6-8-10-14/h6-10,15-19H,5,11-13H2,1-4H3/t15-,16+,17+,18-,19?/m1/s1. The Hall–Kier alpha value is -1.02. The second kappa shape index (κ2) is 8.78. The van der Waals surface area contributed by atoms with Gasteiger partial charge < -0.3 is 28.4 Å². The van der Waals surface area contributed by atoms with Crippen molar-refractivity contribution in [1.82, 2.24) is 0 Å². The Morgan fingerprint density at radius 3 is 2.50 bits per heavy atom. The van der Waals surface area contributed by atoms with Crippen molar-refractivity contribution in [2.75, 3.05) is 20.3 Å². The third-order valence-electron chi connectivity index (χ3n) is 4.58. The minimum Gasteiger partial charge on any atom is -0.379 e. The highest BCUT2D eigenvalue weighted by Gasteiger charge is 2.56. The molecule has 3 rings (SSSR count). The second-order valence-corrected chi connectivity index (χ2v) is 7.18. The van der Waals surface area contributed by atoms with Crippen LogP contribution in [0.2, 0.25) is 0 Å². The Bertz CT molecular complexity index is 548. The molecular weight excluding hydrogens is 336 g/mol. The van der Waals surface area contributed by atoms with Crippen molar-refractivity contribution in [3.63, 3.8) is 0 Å². The molecule has 1 aromatic carbocycles. The van der Waals surface area contributed by atoms with E-state index in [0.717, 1.165) is 12.0 Å². The van der Waals surface area contributed by atoms with Crippen LogP contribution in [0.25, 0.3) is 0 Å². The van der Waals surface area contributed by atoms with Crippen LogP contribution in [0.15, 0.2) is 30.3 Å². The number of rotatable bonds is 8. The smallest absolute Gasteiger partial charge is 0.186 e. The Morgan fingerprint density at radius 1 is 1.08 bits per heavy atom. The molecule has 0 radical (unpaired) electrons. The molecule has 5 atom stereocenters. The fourth-order valence-corrected chi connectivity index (χ4v) is 3.45. The summed E-state index contributed by atoms with van der Waals surface area (Å²) in [7, 11) is 1.62. The highest BCUT2D eigenvalue weighted by Crippen LogP contribution is 2.39. The van der Waals surface area contributed by atoms with Gasteiger partial charge in [0.15, 0.2) is 12.1 Å². The molecule has 0 saturated carbocycles. The third kappa shape index (κ3) is 4.63. The molecule has 0 aromatic heterocycles. The maximum Gasteiger partial charge on any atom is 0.186 e. The molecule has 2 aliphatic heterocycles. The molecule has 2 heterocycles. The lowest BCUT2D eigenvalue weighted by Crippen LogP contribution is -2.58. The van der Waals surface area contributed by atoms with Crippen molar-refractivity contribution in [2.24, 2.45) is 0 Å². The van der Waals surface area contributed by atoms with Gasteiger partial charge in [0.05, 0.1) is 13.2 Å². The predicted octanol–water partition coefficient (Wildman–Crippen LogP) is 2.89. The fourth-order valence-electron chi connectivity index (χ4n) is 3.45. The first-order valence-electron chi connectivity index (χ1n) is 9.31. The van der Waals surface area contributed by atoms with Gasteiger partial charge in [-0.1, -0.05) is 37.3 Å². The Kier molecular flexibility index (Phi) is 6.66. The van der Waals surface area contributed by atoms with Gasteiger partial charge in [0, 0.05) is 13.7 Å². The van der Waals surface area contributed by atoms with Gasteiger partial charge in [0.1, 0.15) is 24.4 Å². The lowest BCUT2D eigenvalue weighted by atomic mass is 9.99. The van der Waals surface area contributed by atoms with E-state index in [9.17, 15) is 0 Å². The van der Waals surface area contributed by atoms with E-state index in [1.807, 2.05) is 44.2 Å². The normalized spacial score (nSPS) is 33.2. The van der Waals surface area contributed by atoms with Crippen molar-refractivity contribution in [3.05, 3.63) is 35.9 Å². The molecule has 2 saturated heterocycles. The van der Waals surface area contributed by atoms with Crippen LogP contribution in [-0.2, 0) is 35.0 Å². The quantitative estimate of drug-likeness (QED) is 0.660. The second-order valence-electron chi connectivity index (χ2n) is 7.18. The topological polar surface area (TPSA) is 55.4 Å². The summed E-state index contributed by atoms with van der Waals surface area (Å²) in [5, 5.41) is 0. The van der Waals surface area contributed by atoms with Gasteiger partial charge in [-0.15, -0.1) is 0 Å². The molecule has 2 fully saturated rings. The Labute approximate surface area is 155 Å². The van der Waals surface area contributed by atoms with Crippen molar-refractivity contribution in [3.8, 4) is 0 Å². The molecule has 6 heteroatoms. The maximum absolute atomic E-state index is 6.16. The lowest BCUT2D eigenvalue weighted by Gasteiger charge is -2.41. The van der Waals surface area contributed by atoms with Crippen LogP contribution in [0.5, 0.6) is 0 Å². The first-order chi connectivity index (χ1) is 12.5. The molecule has 26 heavy (non-hydrogen) atoms. The average molecular weight is 366 g/mol. The molecule has 0 N–H and O–H groups in total. The highest BCUT2D eigenvalue weighted by atomic mass is 16.8. The number of hydrogen-bond donors (Lipinski definition) is 0. The van der Waals surface area contributed by atoms with Gasteiger partial charge in [-0.25, -0.2) is 0 Å². The third-order valence-corrected chi connectivity index (χ3v) is 4.58. The minimum absolute atomic E-state index is 0.255. The summed E-state index contributed by atoms with van der Waals surface area (Å²) in [4.78, 5) is 0. The van der Waals surface area contributed by atoms with Crippen LogP contribution in [0.4, 0.5) is 0 Å². The Morgan fingerprint density at radius 2 is 1.81 bits per heavy atom. The van der Waals surface area contributed by atoms with E-state index in [4.69, 9.17) is 28.4 Å². The van der Waals surface area contributed by atoms with Crippen molar-refractivity contribution in [2.45, 2.75) is 70.3 Å². The zero-order valence-electron chi connectivity index (χ0n) is 16.1. The molecule has 146 valence electrons. The van der Waals surface area contributed by atoms with Crippen molar-refractivity contribution < 1.29 is 28.4 Å². The van der Waals surface area contributed by atoms with E-state index in [2.05, 4.69) is 6.92 Å². The molecule has 2 aliphatic rings. The summed E-state index contributed by atoms with van der Waals surface area (Å²) < 4.78 is 35.8. The monoisotopic (exact) mass is 366 g/mol. The zero-order chi connectivity index (χ0) is 18.6. The number of methoxy groups -OCH3 is 1. The van der Waals surface area contributed by atoms with Gasteiger partial charge in [-0.2, -0.15) is 0 Å². The van der Waals surface area contributed by atoms with Crippen LogP contribution >= 0.6 is 0 Å². The van der Waals surface area contributed by atoms with Crippen LogP contribution in [0.1, 0.15) is 32.8 Å². The molecule has 1 unspecified atom stereocenters. The predicted molar refractivity (Wildman–Crippen MR) is 95.6 cm³/mol. The summed E-state index contributed by atoms with van der Waals surface area (Å²) in [5.74, 6) is -0.696. The maximum atomic E-state index is 6.16.